The number of benzene rings is 1. The van der Waals surface area contributed by atoms with Crippen LogP contribution in [0.1, 0.15) is 18.5 Å². The highest BCUT2D eigenvalue weighted by molar-refractivity contribution is 5.29. The molecule has 0 spiro atoms. The number of nitrogens with two attached hydrogens (primary N) is 1. The Hall–Kier alpha value is -1.06. The van der Waals surface area contributed by atoms with E-state index in [1.165, 1.54) is 5.56 Å². The molecule has 84 valence electrons. The molecule has 0 heterocycles. The highest BCUT2D eigenvalue weighted by Gasteiger charge is 2.15. The number of nitrogens with one attached hydrogen (secondary N) is 1. The second-order valence-corrected chi connectivity index (χ2v) is 3.75. The minimum Gasteiger partial charge on any atom is -0.497 e. The summed E-state index contributed by atoms with van der Waals surface area (Å²) < 4.78 is 5.12. The predicted octanol–water partition coefficient (Wildman–Crippen LogP) is 1.55. The van der Waals surface area contributed by atoms with Crippen molar-refractivity contribution in [1.29, 1.82) is 0 Å². The van der Waals surface area contributed by atoms with Crippen LogP contribution in [-0.2, 0) is 0 Å². The Balaban J connectivity index is 2.83. The van der Waals surface area contributed by atoms with E-state index in [-0.39, 0.29) is 0 Å². The SMILES string of the molecule is CNC(c1ccc(OC)cc1)C(C)CN. The minimum atomic E-state index is 0.306. The van der Waals surface area contributed by atoms with E-state index >= 15 is 0 Å². The summed E-state index contributed by atoms with van der Waals surface area (Å²) in [5.41, 5.74) is 6.92. The Labute approximate surface area is 91.6 Å². The van der Waals surface area contributed by atoms with Crippen molar-refractivity contribution in [2.24, 2.45) is 11.7 Å². The van der Waals surface area contributed by atoms with Gasteiger partial charge in [-0.3, -0.25) is 0 Å². The smallest absolute Gasteiger partial charge is 0.118 e. The first-order chi connectivity index (χ1) is 7.22. The molecule has 1 rings (SSSR count). The van der Waals surface area contributed by atoms with Crippen molar-refractivity contribution in [2.75, 3.05) is 20.7 Å². The quantitative estimate of drug-likeness (QED) is 0.772. The number of methoxy groups -OCH3 is 1. The summed E-state index contributed by atoms with van der Waals surface area (Å²) in [6.45, 7) is 2.82. The maximum atomic E-state index is 5.68. The van der Waals surface area contributed by atoms with Crippen molar-refractivity contribution in [3.63, 3.8) is 0 Å². The van der Waals surface area contributed by atoms with Crippen molar-refractivity contribution in [2.45, 2.75) is 13.0 Å². The van der Waals surface area contributed by atoms with E-state index in [0.29, 0.717) is 18.5 Å². The van der Waals surface area contributed by atoms with Crippen molar-refractivity contribution in [3.05, 3.63) is 29.8 Å². The molecular formula is C12H20N2O. The second kappa shape index (κ2) is 5.73. The van der Waals surface area contributed by atoms with Gasteiger partial charge in [0.1, 0.15) is 5.75 Å². The first-order valence-corrected chi connectivity index (χ1v) is 5.24. The monoisotopic (exact) mass is 208 g/mol. The maximum Gasteiger partial charge on any atom is 0.118 e. The van der Waals surface area contributed by atoms with Gasteiger partial charge >= 0.3 is 0 Å². The molecule has 0 aliphatic carbocycles. The molecule has 0 bridgehead atoms. The summed E-state index contributed by atoms with van der Waals surface area (Å²) in [6, 6.07) is 8.41. The predicted molar refractivity (Wildman–Crippen MR) is 63.0 cm³/mol. The molecule has 0 amide bonds. The highest BCUT2D eigenvalue weighted by Crippen LogP contribution is 2.22. The summed E-state index contributed by atoms with van der Waals surface area (Å²) >= 11 is 0. The molecule has 15 heavy (non-hydrogen) atoms. The Morgan fingerprint density at radius 1 is 1.33 bits per heavy atom. The minimum absolute atomic E-state index is 0.306. The zero-order valence-electron chi connectivity index (χ0n) is 9.66. The fourth-order valence-corrected chi connectivity index (χ4v) is 1.73. The summed E-state index contributed by atoms with van der Waals surface area (Å²) in [6.07, 6.45) is 0. The Morgan fingerprint density at radius 2 is 1.93 bits per heavy atom. The molecule has 0 saturated carbocycles. The van der Waals surface area contributed by atoms with Gasteiger partial charge in [-0.1, -0.05) is 19.1 Å². The lowest BCUT2D eigenvalue weighted by Crippen LogP contribution is -2.28. The van der Waals surface area contributed by atoms with Gasteiger partial charge in [-0.05, 0) is 37.2 Å². The molecule has 2 unspecified atom stereocenters. The molecule has 0 radical (unpaired) electrons. The standard InChI is InChI=1S/C12H20N2O/c1-9(8-13)12(14-2)10-4-6-11(15-3)7-5-10/h4-7,9,12,14H,8,13H2,1-3H3. The van der Waals surface area contributed by atoms with Gasteiger partial charge in [-0.25, -0.2) is 0 Å². The molecule has 2 atom stereocenters. The molecule has 3 N–H and O–H groups in total. The van der Waals surface area contributed by atoms with E-state index in [1.54, 1.807) is 7.11 Å². The lowest BCUT2D eigenvalue weighted by molar-refractivity contribution is 0.409. The molecule has 0 fully saturated rings. The first kappa shape index (κ1) is 12.0. The van der Waals surface area contributed by atoms with E-state index in [4.69, 9.17) is 10.5 Å². The third-order valence-corrected chi connectivity index (χ3v) is 2.73. The molecule has 3 nitrogen and oxygen atoms in total. The first-order valence-electron chi connectivity index (χ1n) is 5.24. The van der Waals surface area contributed by atoms with Gasteiger partial charge in [-0.15, -0.1) is 0 Å². The van der Waals surface area contributed by atoms with Crippen LogP contribution < -0.4 is 15.8 Å². The van der Waals surface area contributed by atoms with Crippen LogP contribution in [0.15, 0.2) is 24.3 Å². The fraction of sp³-hybridized carbons (Fsp3) is 0.500. The third kappa shape index (κ3) is 2.94. The van der Waals surface area contributed by atoms with Crippen molar-refractivity contribution in [3.8, 4) is 5.75 Å². The van der Waals surface area contributed by atoms with Crippen molar-refractivity contribution < 1.29 is 4.74 Å². The molecule has 1 aromatic rings. The van der Waals surface area contributed by atoms with E-state index in [0.717, 1.165) is 5.75 Å². The Bertz CT molecular complexity index is 284. The highest BCUT2D eigenvalue weighted by atomic mass is 16.5. The van der Waals surface area contributed by atoms with E-state index in [2.05, 4.69) is 24.4 Å². The van der Waals surface area contributed by atoms with Gasteiger partial charge in [0.15, 0.2) is 0 Å². The van der Waals surface area contributed by atoms with Gasteiger partial charge in [0.25, 0.3) is 0 Å². The Morgan fingerprint density at radius 3 is 2.33 bits per heavy atom. The van der Waals surface area contributed by atoms with Gasteiger partial charge in [0, 0.05) is 6.04 Å². The van der Waals surface area contributed by atoms with Gasteiger partial charge in [0.2, 0.25) is 0 Å². The molecule has 0 aliphatic rings. The normalized spacial score (nSPS) is 14.7. The number of rotatable bonds is 5. The summed E-state index contributed by atoms with van der Waals surface area (Å²) in [7, 11) is 3.63. The molecule has 0 saturated heterocycles. The zero-order chi connectivity index (χ0) is 11.3. The van der Waals surface area contributed by atoms with Crippen LogP contribution in [0.25, 0.3) is 0 Å². The lowest BCUT2D eigenvalue weighted by atomic mass is 9.95. The molecule has 0 aromatic heterocycles. The van der Waals surface area contributed by atoms with Crippen LogP contribution in [0.3, 0.4) is 0 Å². The molecule has 1 aromatic carbocycles. The fourth-order valence-electron chi connectivity index (χ4n) is 1.73. The van der Waals surface area contributed by atoms with Gasteiger partial charge < -0.3 is 15.8 Å². The summed E-state index contributed by atoms with van der Waals surface area (Å²) in [5, 5.41) is 3.29. The van der Waals surface area contributed by atoms with Crippen molar-refractivity contribution in [1.82, 2.24) is 5.32 Å². The van der Waals surface area contributed by atoms with Crippen LogP contribution in [-0.4, -0.2) is 20.7 Å². The van der Waals surface area contributed by atoms with E-state index < -0.39 is 0 Å². The summed E-state index contributed by atoms with van der Waals surface area (Å²) in [4.78, 5) is 0. The van der Waals surface area contributed by atoms with Crippen LogP contribution in [0.4, 0.5) is 0 Å². The van der Waals surface area contributed by atoms with Crippen LogP contribution in [0.2, 0.25) is 0 Å². The third-order valence-electron chi connectivity index (χ3n) is 2.73. The lowest BCUT2D eigenvalue weighted by Gasteiger charge is -2.22. The summed E-state index contributed by atoms with van der Waals surface area (Å²) in [5.74, 6) is 1.30. The average molecular weight is 208 g/mol. The molecule has 3 heteroatoms. The van der Waals surface area contributed by atoms with Gasteiger partial charge in [-0.2, -0.15) is 0 Å². The second-order valence-electron chi connectivity index (χ2n) is 3.75. The van der Waals surface area contributed by atoms with E-state index in [9.17, 15) is 0 Å². The van der Waals surface area contributed by atoms with Crippen LogP contribution in [0, 0.1) is 5.92 Å². The van der Waals surface area contributed by atoms with Gasteiger partial charge in [0.05, 0.1) is 7.11 Å². The van der Waals surface area contributed by atoms with E-state index in [1.807, 2.05) is 19.2 Å². The maximum absolute atomic E-state index is 5.68. The largest absolute Gasteiger partial charge is 0.497 e. The number of hydrogen-bond donors (Lipinski definition) is 2. The van der Waals surface area contributed by atoms with Crippen LogP contribution >= 0.6 is 0 Å². The number of ether oxygens (including phenoxy) is 1. The average Bonchev–Trinajstić information content (AvgIpc) is 2.30. The zero-order valence-corrected chi connectivity index (χ0v) is 9.66. The number of hydrogen-bond acceptors (Lipinski definition) is 3. The van der Waals surface area contributed by atoms with Crippen LogP contribution in [0.5, 0.6) is 5.75 Å². The molecular weight excluding hydrogens is 188 g/mol. The molecule has 0 aliphatic heterocycles. The topological polar surface area (TPSA) is 47.3 Å². The van der Waals surface area contributed by atoms with Crippen molar-refractivity contribution >= 4 is 0 Å². The Kier molecular flexibility index (Phi) is 4.59.